The van der Waals surface area contributed by atoms with Gasteiger partial charge in [0.25, 0.3) is 6.02 Å². The standard InChI is InChI=1S/C14H18N2O/c1-2-7-12(8-3-1)16-14-15-10-11-6-4-5-9-13(11)17-14/h1-3,7-8,11,13H,4-6,9-10H2,(H,15,16). The number of amidine groups is 1. The lowest BCUT2D eigenvalue weighted by molar-refractivity contribution is 0.0718. The summed E-state index contributed by atoms with van der Waals surface area (Å²) >= 11 is 0. The summed E-state index contributed by atoms with van der Waals surface area (Å²) in [6.07, 6.45) is 5.46. The molecule has 90 valence electrons. The molecule has 0 radical (unpaired) electrons. The number of ether oxygens (including phenoxy) is 1. The van der Waals surface area contributed by atoms with Gasteiger partial charge < -0.3 is 10.1 Å². The number of aliphatic imine (C=N–C) groups is 1. The summed E-state index contributed by atoms with van der Waals surface area (Å²) < 4.78 is 5.93. The Kier molecular flexibility index (Phi) is 2.99. The molecule has 0 spiro atoms. The van der Waals surface area contributed by atoms with Crippen LogP contribution in [0, 0.1) is 5.92 Å². The zero-order valence-corrected chi connectivity index (χ0v) is 9.93. The lowest BCUT2D eigenvalue weighted by Gasteiger charge is -2.34. The third-order valence-electron chi connectivity index (χ3n) is 3.60. The van der Waals surface area contributed by atoms with E-state index in [1.165, 1.54) is 25.7 Å². The predicted octanol–water partition coefficient (Wildman–Crippen LogP) is 3.04. The molecule has 0 aromatic heterocycles. The van der Waals surface area contributed by atoms with Crippen LogP contribution in [0.25, 0.3) is 0 Å². The van der Waals surface area contributed by atoms with Gasteiger partial charge in [0, 0.05) is 11.6 Å². The second-order valence-electron chi connectivity index (χ2n) is 4.84. The van der Waals surface area contributed by atoms with Gasteiger partial charge in [-0.25, -0.2) is 4.99 Å². The zero-order chi connectivity index (χ0) is 11.5. The first-order chi connectivity index (χ1) is 8.42. The molecule has 0 amide bonds. The van der Waals surface area contributed by atoms with Gasteiger partial charge in [-0.3, -0.25) is 0 Å². The van der Waals surface area contributed by atoms with Crippen molar-refractivity contribution in [2.45, 2.75) is 31.8 Å². The normalized spacial score (nSPS) is 27.6. The van der Waals surface area contributed by atoms with Gasteiger partial charge in [-0.15, -0.1) is 0 Å². The second kappa shape index (κ2) is 4.78. The molecule has 1 aliphatic carbocycles. The highest BCUT2D eigenvalue weighted by Crippen LogP contribution is 2.29. The Labute approximate surface area is 102 Å². The smallest absolute Gasteiger partial charge is 0.289 e. The molecule has 1 aromatic carbocycles. The number of benzene rings is 1. The van der Waals surface area contributed by atoms with Crippen molar-refractivity contribution in [3.8, 4) is 0 Å². The number of fused-ring (bicyclic) bond motifs is 1. The van der Waals surface area contributed by atoms with Gasteiger partial charge >= 0.3 is 0 Å². The molecule has 17 heavy (non-hydrogen) atoms. The van der Waals surface area contributed by atoms with Gasteiger partial charge in [0.1, 0.15) is 6.10 Å². The summed E-state index contributed by atoms with van der Waals surface area (Å²) in [5.74, 6) is 0.644. The highest BCUT2D eigenvalue weighted by atomic mass is 16.5. The van der Waals surface area contributed by atoms with Crippen LogP contribution < -0.4 is 5.32 Å². The topological polar surface area (TPSA) is 33.6 Å². The van der Waals surface area contributed by atoms with Crippen molar-refractivity contribution in [1.29, 1.82) is 0 Å². The van der Waals surface area contributed by atoms with Gasteiger partial charge in [0.05, 0.1) is 6.54 Å². The minimum absolute atomic E-state index is 0.382. The van der Waals surface area contributed by atoms with Gasteiger partial charge in [-0.1, -0.05) is 24.6 Å². The quantitative estimate of drug-likeness (QED) is 0.804. The number of rotatable bonds is 1. The first kappa shape index (κ1) is 10.6. The van der Waals surface area contributed by atoms with E-state index in [0.29, 0.717) is 18.0 Å². The van der Waals surface area contributed by atoms with E-state index in [1.807, 2.05) is 30.3 Å². The average molecular weight is 230 g/mol. The third-order valence-corrected chi connectivity index (χ3v) is 3.60. The summed E-state index contributed by atoms with van der Waals surface area (Å²) in [7, 11) is 0. The van der Waals surface area contributed by atoms with Gasteiger partial charge in [0.2, 0.25) is 0 Å². The molecule has 1 fully saturated rings. The minimum atomic E-state index is 0.382. The fourth-order valence-corrected chi connectivity index (χ4v) is 2.63. The molecule has 3 heteroatoms. The van der Waals surface area contributed by atoms with E-state index in [9.17, 15) is 0 Å². The predicted molar refractivity (Wildman–Crippen MR) is 69.2 cm³/mol. The van der Waals surface area contributed by atoms with E-state index in [-0.39, 0.29) is 0 Å². The monoisotopic (exact) mass is 230 g/mol. The molecule has 1 N–H and O–H groups in total. The molecule has 3 nitrogen and oxygen atoms in total. The van der Waals surface area contributed by atoms with Crippen LogP contribution in [0.5, 0.6) is 0 Å². The van der Waals surface area contributed by atoms with Crippen LogP contribution >= 0.6 is 0 Å². The van der Waals surface area contributed by atoms with Gasteiger partial charge in [-0.2, -0.15) is 0 Å². The van der Waals surface area contributed by atoms with Crippen molar-refractivity contribution in [2.24, 2.45) is 10.9 Å². The largest absolute Gasteiger partial charge is 0.461 e. The Hall–Kier alpha value is -1.51. The molecule has 1 heterocycles. The number of nitrogens with zero attached hydrogens (tertiary/aromatic N) is 1. The molecule has 3 rings (SSSR count). The van der Waals surface area contributed by atoms with Crippen molar-refractivity contribution in [3.63, 3.8) is 0 Å². The summed E-state index contributed by atoms with van der Waals surface area (Å²) in [6, 6.07) is 10.8. The first-order valence-electron chi connectivity index (χ1n) is 6.45. The van der Waals surface area contributed by atoms with E-state index in [4.69, 9.17) is 4.74 Å². The van der Waals surface area contributed by atoms with E-state index in [1.54, 1.807) is 0 Å². The molecule has 2 unspecified atom stereocenters. The van der Waals surface area contributed by atoms with Crippen LogP contribution in [0.15, 0.2) is 35.3 Å². The fourth-order valence-electron chi connectivity index (χ4n) is 2.63. The van der Waals surface area contributed by atoms with Crippen LogP contribution in [0.1, 0.15) is 25.7 Å². The van der Waals surface area contributed by atoms with Crippen LogP contribution in [-0.4, -0.2) is 18.7 Å². The molecule has 1 aromatic rings. The fraction of sp³-hybridized carbons (Fsp3) is 0.500. The van der Waals surface area contributed by atoms with Crippen LogP contribution in [-0.2, 0) is 4.74 Å². The van der Waals surface area contributed by atoms with Gasteiger partial charge in [0.15, 0.2) is 0 Å². The van der Waals surface area contributed by atoms with Crippen LogP contribution in [0.4, 0.5) is 5.69 Å². The molecule has 1 saturated carbocycles. The number of anilines is 1. The molecule has 1 aliphatic heterocycles. The van der Waals surface area contributed by atoms with E-state index < -0.39 is 0 Å². The second-order valence-corrected chi connectivity index (χ2v) is 4.84. The van der Waals surface area contributed by atoms with Gasteiger partial charge in [-0.05, 0) is 31.4 Å². The first-order valence-corrected chi connectivity index (χ1v) is 6.45. The summed E-state index contributed by atoms with van der Waals surface area (Å²) in [4.78, 5) is 4.49. The molecular weight excluding hydrogens is 212 g/mol. The molecule has 2 atom stereocenters. The Morgan fingerprint density at radius 3 is 2.82 bits per heavy atom. The minimum Gasteiger partial charge on any atom is -0.461 e. The Morgan fingerprint density at radius 2 is 1.94 bits per heavy atom. The number of para-hydroxylation sites is 1. The summed E-state index contributed by atoms with van der Waals surface area (Å²) in [6.45, 7) is 0.917. The van der Waals surface area contributed by atoms with Crippen molar-refractivity contribution in [2.75, 3.05) is 11.9 Å². The maximum atomic E-state index is 5.93. The van der Waals surface area contributed by atoms with Crippen LogP contribution in [0.3, 0.4) is 0 Å². The number of hydrogen-bond acceptors (Lipinski definition) is 3. The van der Waals surface area contributed by atoms with Crippen molar-refractivity contribution in [1.82, 2.24) is 0 Å². The number of nitrogens with one attached hydrogen (secondary N) is 1. The van der Waals surface area contributed by atoms with Crippen LogP contribution in [0.2, 0.25) is 0 Å². The lowest BCUT2D eigenvalue weighted by atomic mass is 9.86. The van der Waals surface area contributed by atoms with E-state index in [2.05, 4.69) is 10.3 Å². The third kappa shape index (κ3) is 2.43. The van der Waals surface area contributed by atoms with Crippen molar-refractivity contribution < 1.29 is 4.74 Å². The molecular formula is C14H18N2O. The van der Waals surface area contributed by atoms with E-state index >= 15 is 0 Å². The summed E-state index contributed by atoms with van der Waals surface area (Å²) in [5.41, 5.74) is 1.04. The molecule has 0 bridgehead atoms. The van der Waals surface area contributed by atoms with Crippen molar-refractivity contribution >= 4 is 11.7 Å². The van der Waals surface area contributed by atoms with E-state index in [0.717, 1.165) is 12.2 Å². The summed E-state index contributed by atoms with van der Waals surface area (Å²) in [5, 5.41) is 3.24. The van der Waals surface area contributed by atoms with Crippen molar-refractivity contribution in [3.05, 3.63) is 30.3 Å². The SMILES string of the molecule is c1ccc(NC2=NCC3CCCCC3O2)cc1. The zero-order valence-electron chi connectivity index (χ0n) is 9.93. The average Bonchev–Trinajstić information content (AvgIpc) is 2.40. The maximum absolute atomic E-state index is 5.93. The highest BCUT2D eigenvalue weighted by Gasteiger charge is 2.30. The maximum Gasteiger partial charge on any atom is 0.289 e. The Balaban J connectivity index is 1.67. The Bertz CT molecular complexity index is 402. The Morgan fingerprint density at radius 1 is 1.12 bits per heavy atom. The molecule has 0 saturated heterocycles. The molecule has 2 aliphatic rings. The lowest BCUT2D eigenvalue weighted by Crippen LogP contribution is -2.38. The number of hydrogen-bond donors (Lipinski definition) is 1. The highest BCUT2D eigenvalue weighted by molar-refractivity contribution is 5.89.